The predicted octanol–water partition coefficient (Wildman–Crippen LogP) is 1.49. The Morgan fingerprint density at radius 1 is 1.47 bits per heavy atom. The van der Waals surface area contributed by atoms with Crippen molar-refractivity contribution in [2.75, 3.05) is 12.3 Å². The van der Waals surface area contributed by atoms with Gasteiger partial charge >= 0.3 is 0 Å². The summed E-state index contributed by atoms with van der Waals surface area (Å²) >= 11 is 0. The van der Waals surface area contributed by atoms with Crippen molar-refractivity contribution in [3.05, 3.63) is 24.0 Å². The number of hydrogen-bond donors (Lipinski definition) is 2. The van der Waals surface area contributed by atoms with Gasteiger partial charge in [0, 0.05) is 12.2 Å². The van der Waals surface area contributed by atoms with E-state index in [1.165, 1.54) is 6.07 Å². The Hall–Kier alpha value is -1.14. The number of anilines is 1. The molecule has 0 radical (unpaired) electrons. The molecule has 0 saturated heterocycles. The van der Waals surface area contributed by atoms with E-state index < -0.39 is 15.8 Å². The van der Waals surface area contributed by atoms with Crippen molar-refractivity contribution >= 4 is 15.7 Å². The second-order valence-corrected chi connectivity index (χ2v) is 6.56. The van der Waals surface area contributed by atoms with Gasteiger partial charge in [0.1, 0.15) is 10.7 Å². The largest absolute Gasteiger partial charge is 0.399 e. The first-order valence-corrected chi connectivity index (χ1v) is 6.85. The topological polar surface area (TPSA) is 72.2 Å². The molecule has 4 nitrogen and oxygen atoms in total. The van der Waals surface area contributed by atoms with Crippen LogP contribution in [0, 0.1) is 11.2 Å². The summed E-state index contributed by atoms with van der Waals surface area (Å²) in [4.78, 5) is -0.387. The van der Waals surface area contributed by atoms with Crippen molar-refractivity contribution in [3.63, 3.8) is 0 Å². The van der Waals surface area contributed by atoms with Crippen molar-refractivity contribution in [1.29, 1.82) is 0 Å². The van der Waals surface area contributed by atoms with Gasteiger partial charge in [-0.1, -0.05) is 6.92 Å². The third kappa shape index (κ3) is 2.76. The number of hydrogen-bond acceptors (Lipinski definition) is 3. The standard InChI is InChI=1S/C11H15FN2O2S/c1-11(4-5-11)7-14-17(15,16)10-6-8(13)2-3-9(10)12/h2-3,6,14H,4-5,7,13H2,1H3. The van der Waals surface area contributed by atoms with Crippen molar-refractivity contribution in [1.82, 2.24) is 4.72 Å². The van der Waals surface area contributed by atoms with Gasteiger partial charge < -0.3 is 5.73 Å². The van der Waals surface area contributed by atoms with Crippen LogP contribution in [0.4, 0.5) is 10.1 Å². The molecule has 17 heavy (non-hydrogen) atoms. The van der Waals surface area contributed by atoms with E-state index in [4.69, 9.17) is 5.73 Å². The van der Waals surface area contributed by atoms with Gasteiger partial charge in [0.15, 0.2) is 0 Å². The number of sulfonamides is 1. The molecule has 1 aromatic rings. The van der Waals surface area contributed by atoms with Gasteiger partial charge in [0.25, 0.3) is 0 Å². The highest BCUT2D eigenvalue weighted by molar-refractivity contribution is 7.89. The second-order valence-electron chi connectivity index (χ2n) is 4.83. The Kier molecular flexibility index (Phi) is 2.87. The minimum atomic E-state index is -3.81. The molecular weight excluding hydrogens is 243 g/mol. The Balaban J connectivity index is 2.21. The molecule has 0 amide bonds. The molecule has 2 rings (SSSR count). The normalized spacial score (nSPS) is 18.0. The molecule has 0 heterocycles. The van der Waals surface area contributed by atoms with Crippen LogP contribution in [0.2, 0.25) is 0 Å². The van der Waals surface area contributed by atoms with Crippen LogP contribution in [-0.4, -0.2) is 15.0 Å². The fraction of sp³-hybridized carbons (Fsp3) is 0.455. The van der Waals surface area contributed by atoms with Crippen molar-refractivity contribution in [3.8, 4) is 0 Å². The van der Waals surface area contributed by atoms with Crippen LogP contribution in [0.3, 0.4) is 0 Å². The Labute approximate surface area is 100 Å². The molecular formula is C11H15FN2O2S. The zero-order valence-electron chi connectivity index (χ0n) is 9.53. The predicted molar refractivity (Wildman–Crippen MR) is 63.3 cm³/mol. The molecule has 3 N–H and O–H groups in total. The first-order chi connectivity index (χ1) is 7.82. The average molecular weight is 258 g/mol. The monoisotopic (exact) mass is 258 g/mol. The molecule has 0 aliphatic heterocycles. The van der Waals surface area contributed by atoms with Crippen molar-refractivity contribution < 1.29 is 12.8 Å². The van der Waals surface area contributed by atoms with Gasteiger partial charge in [-0.3, -0.25) is 0 Å². The van der Waals surface area contributed by atoms with Gasteiger partial charge in [-0.25, -0.2) is 17.5 Å². The van der Waals surface area contributed by atoms with Gasteiger partial charge in [-0.2, -0.15) is 0 Å². The highest BCUT2D eigenvalue weighted by Crippen LogP contribution is 2.44. The SMILES string of the molecule is CC1(CNS(=O)(=O)c2cc(N)ccc2F)CC1. The maximum atomic E-state index is 13.4. The van der Waals surface area contributed by atoms with Crippen molar-refractivity contribution in [2.24, 2.45) is 5.41 Å². The van der Waals surface area contributed by atoms with E-state index in [1.54, 1.807) is 0 Å². The highest BCUT2D eigenvalue weighted by Gasteiger charge is 2.38. The summed E-state index contributed by atoms with van der Waals surface area (Å²) < 4.78 is 39.6. The first-order valence-electron chi connectivity index (χ1n) is 5.37. The van der Waals surface area contributed by atoms with Crippen LogP contribution in [0.25, 0.3) is 0 Å². The lowest BCUT2D eigenvalue weighted by Crippen LogP contribution is -2.29. The quantitative estimate of drug-likeness (QED) is 0.804. The molecule has 94 valence electrons. The number of benzene rings is 1. The first kappa shape index (κ1) is 12.3. The number of halogens is 1. The van der Waals surface area contributed by atoms with E-state index in [9.17, 15) is 12.8 Å². The van der Waals surface area contributed by atoms with Crippen LogP contribution in [-0.2, 0) is 10.0 Å². The Morgan fingerprint density at radius 3 is 2.71 bits per heavy atom. The maximum absolute atomic E-state index is 13.4. The molecule has 1 fully saturated rings. The summed E-state index contributed by atoms with van der Waals surface area (Å²) in [5.41, 5.74) is 5.72. The van der Waals surface area contributed by atoms with Crippen LogP contribution >= 0.6 is 0 Å². The third-order valence-electron chi connectivity index (χ3n) is 3.04. The molecule has 6 heteroatoms. The minimum Gasteiger partial charge on any atom is -0.399 e. The van der Waals surface area contributed by atoms with Gasteiger partial charge in [-0.05, 0) is 36.5 Å². The fourth-order valence-corrected chi connectivity index (χ4v) is 2.77. The molecule has 0 aromatic heterocycles. The summed E-state index contributed by atoms with van der Waals surface area (Å²) in [5.74, 6) is -0.785. The summed E-state index contributed by atoms with van der Waals surface area (Å²) in [6.07, 6.45) is 1.99. The maximum Gasteiger partial charge on any atom is 0.243 e. The zero-order valence-corrected chi connectivity index (χ0v) is 10.3. The number of nitrogens with one attached hydrogen (secondary N) is 1. The Morgan fingerprint density at radius 2 is 2.12 bits per heavy atom. The number of rotatable bonds is 4. The van der Waals surface area contributed by atoms with E-state index in [1.807, 2.05) is 6.92 Å². The number of nitrogens with two attached hydrogens (primary N) is 1. The van der Waals surface area contributed by atoms with Gasteiger partial charge in [-0.15, -0.1) is 0 Å². The zero-order chi connectivity index (χ0) is 12.7. The highest BCUT2D eigenvalue weighted by atomic mass is 32.2. The molecule has 1 aromatic carbocycles. The second kappa shape index (κ2) is 3.96. The number of nitrogen functional groups attached to an aromatic ring is 1. The van der Waals surface area contributed by atoms with Crippen LogP contribution in [0.5, 0.6) is 0 Å². The molecule has 1 aliphatic carbocycles. The minimum absolute atomic E-state index is 0.0316. The van der Waals surface area contributed by atoms with E-state index in [0.29, 0.717) is 6.54 Å². The van der Waals surface area contributed by atoms with E-state index in [-0.39, 0.29) is 16.0 Å². The third-order valence-corrected chi connectivity index (χ3v) is 4.45. The fourth-order valence-electron chi connectivity index (χ4n) is 1.46. The van der Waals surface area contributed by atoms with Crippen molar-refractivity contribution in [2.45, 2.75) is 24.7 Å². The summed E-state index contributed by atoms with van der Waals surface area (Å²) in [5, 5.41) is 0. The van der Waals surface area contributed by atoms with Crippen LogP contribution < -0.4 is 10.5 Å². The smallest absolute Gasteiger partial charge is 0.243 e. The lowest BCUT2D eigenvalue weighted by atomic mass is 10.2. The van der Waals surface area contributed by atoms with E-state index >= 15 is 0 Å². The molecule has 0 bridgehead atoms. The average Bonchev–Trinajstić information content (AvgIpc) is 2.98. The molecule has 1 saturated carbocycles. The van der Waals surface area contributed by atoms with E-state index in [0.717, 1.165) is 25.0 Å². The van der Waals surface area contributed by atoms with Gasteiger partial charge in [0.05, 0.1) is 0 Å². The van der Waals surface area contributed by atoms with Crippen LogP contribution in [0.1, 0.15) is 19.8 Å². The molecule has 1 aliphatic rings. The van der Waals surface area contributed by atoms with E-state index in [2.05, 4.69) is 4.72 Å². The lowest BCUT2D eigenvalue weighted by Gasteiger charge is -2.11. The summed E-state index contributed by atoms with van der Waals surface area (Å²) in [6.45, 7) is 2.33. The molecule has 0 atom stereocenters. The lowest BCUT2D eigenvalue weighted by molar-refractivity contribution is 0.522. The van der Waals surface area contributed by atoms with Gasteiger partial charge in [0.2, 0.25) is 10.0 Å². The Bertz CT molecular complexity index is 538. The summed E-state index contributed by atoms with van der Waals surface area (Å²) in [7, 11) is -3.81. The van der Waals surface area contributed by atoms with Crippen LogP contribution in [0.15, 0.2) is 23.1 Å². The molecule has 0 spiro atoms. The summed E-state index contributed by atoms with van der Waals surface area (Å²) in [6, 6.07) is 3.52. The molecule has 0 unspecified atom stereocenters.